The summed E-state index contributed by atoms with van der Waals surface area (Å²) in [5.41, 5.74) is 0.876. The first-order chi connectivity index (χ1) is 12.1. The third-order valence-corrected chi connectivity index (χ3v) is 5.00. The molecule has 2 rings (SSSR count). The lowest BCUT2D eigenvalue weighted by molar-refractivity contribution is -0.147. The number of hydrogen-bond acceptors (Lipinski definition) is 5. The summed E-state index contributed by atoms with van der Waals surface area (Å²) in [5, 5.41) is 2.65. The van der Waals surface area contributed by atoms with Crippen LogP contribution in [0.4, 0.5) is 0 Å². The lowest BCUT2D eigenvalue weighted by Gasteiger charge is -2.22. The van der Waals surface area contributed by atoms with Gasteiger partial charge in [-0.25, -0.2) is 4.57 Å². The fraction of sp³-hybridized carbons (Fsp3) is 0.278. The van der Waals surface area contributed by atoms with Gasteiger partial charge in [0.25, 0.3) is 0 Å². The molecule has 1 N–H and O–H groups in total. The summed E-state index contributed by atoms with van der Waals surface area (Å²) < 4.78 is 28.4. The molecular weight excluding hydrogens is 341 g/mol. The summed E-state index contributed by atoms with van der Waals surface area (Å²) >= 11 is 0. The summed E-state index contributed by atoms with van der Waals surface area (Å²) in [7, 11) is -2.43. The van der Waals surface area contributed by atoms with Crippen molar-refractivity contribution in [3.63, 3.8) is 0 Å². The van der Waals surface area contributed by atoms with Gasteiger partial charge in [-0.1, -0.05) is 55.5 Å². The molecule has 0 aliphatic carbocycles. The molecule has 0 fully saturated rings. The smallest absolute Gasteiger partial charge is 0.459 e. The van der Waals surface area contributed by atoms with E-state index < -0.39 is 19.8 Å². The first-order valence-electron chi connectivity index (χ1n) is 7.95. The van der Waals surface area contributed by atoms with Crippen molar-refractivity contribution < 1.29 is 23.1 Å². The fourth-order valence-electron chi connectivity index (χ4n) is 2.07. The molecule has 0 aliphatic heterocycles. The molecule has 2 atom stereocenters. The number of para-hydroxylation sites is 1. The molecule has 0 aromatic heterocycles. The standard InChI is InChI=1S/C18H22NO5P/c1-3-17(18(20)23-14-15-10-6-4-7-11-15)19-25(21,22-2)24-16-12-8-5-9-13-16/h4-13,17H,3,14H2,1-2H3,(H,19,21)/t17-,25?/m0/s1. The monoisotopic (exact) mass is 363 g/mol. The highest BCUT2D eigenvalue weighted by Gasteiger charge is 2.32. The first kappa shape index (κ1) is 19.2. The molecule has 6 nitrogen and oxygen atoms in total. The molecule has 134 valence electrons. The topological polar surface area (TPSA) is 73.9 Å². The summed E-state index contributed by atoms with van der Waals surface area (Å²) in [6.45, 7) is 1.93. The summed E-state index contributed by atoms with van der Waals surface area (Å²) in [6.07, 6.45) is 0.374. The molecule has 0 bridgehead atoms. The van der Waals surface area contributed by atoms with E-state index in [0.29, 0.717) is 12.2 Å². The average molecular weight is 363 g/mol. The van der Waals surface area contributed by atoms with Gasteiger partial charge in [-0.05, 0) is 24.1 Å². The highest BCUT2D eigenvalue weighted by molar-refractivity contribution is 7.52. The van der Waals surface area contributed by atoms with Gasteiger partial charge in [-0.15, -0.1) is 0 Å². The number of ether oxygens (including phenoxy) is 1. The minimum Gasteiger partial charge on any atom is -0.460 e. The highest BCUT2D eigenvalue weighted by Crippen LogP contribution is 2.44. The van der Waals surface area contributed by atoms with Crippen molar-refractivity contribution in [2.75, 3.05) is 7.11 Å². The van der Waals surface area contributed by atoms with Crippen LogP contribution in [0.5, 0.6) is 5.75 Å². The zero-order valence-electron chi connectivity index (χ0n) is 14.3. The van der Waals surface area contributed by atoms with E-state index in [2.05, 4.69) is 5.09 Å². The number of nitrogens with one attached hydrogen (secondary N) is 1. The van der Waals surface area contributed by atoms with E-state index in [1.807, 2.05) is 36.4 Å². The van der Waals surface area contributed by atoms with E-state index in [1.165, 1.54) is 7.11 Å². The number of hydrogen-bond donors (Lipinski definition) is 1. The van der Waals surface area contributed by atoms with Gasteiger partial charge in [-0.3, -0.25) is 9.32 Å². The van der Waals surface area contributed by atoms with Crippen molar-refractivity contribution >= 4 is 13.7 Å². The van der Waals surface area contributed by atoms with Gasteiger partial charge in [0.2, 0.25) is 0 Å². The average Bonchev–Trinajstić information content (AvgIpc) is 2.66. The Labute approximate surface area is 147 Å². The lowest BCUT2D eigenvalue weighted by Crippen LogP contribution is -2.36. The molecule has 0 aliphatic rings. The second-order valence-electron chi connectivity index (χ2n) is 5.27. The molecule has 0 radical (unpaired) electrons. The van der Waals surface area contributed by atoms with Crippen LogP contribution in [0.1, 0.15) is 18.9 Å². The molecule has 0 amide bonds. The van der Waals surface area contributed by atoms with Crippen LogP contribution in [0, 0.1) is 0 Å². The number of benzene rings is 2. The highest BCUT2D eigenvalue weighted by atomic mass is 31.2. The van der Waals surface area contributed by atoms with Gasteiger partial charge in [0.05, 0.1) is 0 Å². The minimum atomic E-state index is -3.70. The van der Waals surface area contributed by atoms with Crippen LogP contribution >= 0.6 is 7.75 Å². The minimum absolute atomic E-state index is 0.147. The van der Waals surface area contributed by atoms with E-state index in [4.69, 9.17) is 13.8 Å². The molecule has 1 unspecified atom stereocenters. The van der Waals surface area contributed by atoms with Gasteiger partial charge in [0.1, 0.15) is 18.4 Å². The third kappa shape index (κ3) is 6.02. The van der Waals surface area contributed by atoms with Crippen molar-refractivity contribution in [2.24, 2.45) is 0 Å². The quantitative estimate of drug-likeness (QED) is 0.537. The van der Waals surface area contributed by atoms with Crippen LogP contribution in [0.3, 0.4) is 0 Å². The Morgan fingerprint density at radius 1 is 1.08 bits per heavy atom. The van der Waals surface area contributed by atoms with Crippen molar-refractivity contribution in [3.05, 3.63) is 66.2 Å². The fourth-order valence-corrected chi connectivity index (χ4v) is 3.37. The second kappa shape index (κ2) is 9.37. The predicted molar refractivity (Wildman–Crippen MR) is 95.1 cm³/mol. The summed E-state index contributed by atoms with van der Waals surface area (Å²) in [5.74, 6) is -0.132. The normalized spacial score (nSPS) is 14.3. The van der Waals surface area contributed by atoms with E-state index >= 15 is 0 Å². The van der Waals surface area contributed by atoms with Crippen molar-refractivity contribution in [2.45, 2.75) is 26.0 Å². The molecule has 2 aromatic rings. The van der Waals surface area contributed by atoms with Gasteiger partial charge in [0, 0.05) is 7.11 Å². The van der Waals surface area contributed by atoms with E-state index in [9.17, 15) is 9.36 Å². The van der Waals surface area contributed by atoms with E-state index in [1.54, 1.807) is 31.2 Å². The van der Waals surface area contributed by atoms with Gasteiger partial charge in [-0.2, -0.15) is 5.09 Å². The number of carbonyl (C=O) groups excluding carboxylic acids is 1. The Hall–Kier alpha value is -2.14. The summed E-state index contributed by atoms with van der Waals surface area (Å²) in [4.78, 5) is 12.3. The Kier molecular flexibility index (Phi) is 7.19. The van der Waals surface area contributed by atoms with Crippen LogP contribution in [0.25, 0.3) is 0 Å². The Bertz CT molecular complexity index is 708. The molecule has 2 aromatic carbocycles. The Morgan fingerprint density at radius 3 is 2.24 bits per heavy atom. The van der Waals surface area contributed by atoms with Gasteiger partial charge < -0.3 is 9.26 Å². The lowest BCUT2D eigenvalue weighted by atomic mass is 10.2. The first-order valence-corrected chi connectivity index (χ1v) is 9.49. The number of carbonyl (C=O) groups is 1. The Morgan fingerprint density at radius 2 is 1.68 bits per heavy atom. The van der Waals surface area contributed by atoms with E-state index in [-0.39, 0.29) is 6.61 Å². The van der Waals surface area contributed by atoms with Crippen LogP contribution in [0.15, 0.2) is 60.7 Å². The molecule has 0 saturated heterocycles. The maximum atomic E-state index is 12.7. The van der Waals surface area contributed by atoms with Crippen LogP contribution in [-0.2, 0) is 25.2 Å². The molecule has 0 saturated carbocycles. The maximum absolute atomic E-state index is 12.7. The van der Waals surface area contributed by atoms with Crippen molar-refractivity contribution in [3.8, 4) is 5.75 Å². The Balaban J connectivity index is 1.98. The zero-order chi connectivity index (χ0) is 18.1. The molecule has 25 heavy (non-hydrogen) atoms. The molecule has 7 heteroatoms. The van der Waals surface area contributed by atoms with Crippen LogP contribution in [-0.4, -0.2) is 19.1 Å². The van der Waals surface area contributed by atoms with Gasteiger partial charge in [0.15, 0.2) is 0 Å². The number of rotatable bonds is 9. The molecular formula is C18H22NO5P. The maximum Gasteiger partial charge on any atom is 0.459 e. The molecule has 0 heterocycles. The predicted octanol–water partition coefficient (Wildman–Crippen LogP) is 3.93. The van der Waals surface area contributed by atoms with E-state index in [0.717, 1.165) is 5.56 Å². The van der Waals surface area contributed by atoms with Crippen molar-refractivity contribution in [1.29, 1.82) is 0 Å². The third-order valence-electron chi connectivity index (χ3n) is 3.44. The van der Waals surface area contributed by atoms with Crippen molar-refractivity contribution in [1.82, 2.24) is 5.09 Å². The zero-order valence-corrected chi connectivity index (χ0v) is 15.1. The van der Waals surface area contributed by atoms with Crippen LogP contribution < -0.4 is 9.61 Å². The SMILES string of the molecule is CC[C@H](NP(=O)(OC)Oc1ccccc1)C(=O)OCc1ccccc1. The second-order valence-corrected chi connectivity index (χ2v) is 7.07. The number of esters is 1. The largest absolute Gasteiger partial charge is 0.460 e. The summed E-state index contributed by atoms with van der Waals surface area (Å²) in [6, 6.07) is 17.2. The van der Waals surface area contributed by atoms with Crippen LogP contribution in [0.2, 0.25) is 0 Å². The molecule has 0 spiro atoms. The van der Waals surface area contributed by atoms with Gasteiger partial charge >= 0.3 is 13.7 Å².